The predicted octanol–water partition coefficient (Wildman–Crippen LogP) is 1.98. The highest BCUT2D eigenvalue weighted by Gasteiger charge is 2.08. The Bertz CT molecular complexity index is 626. The van der Waals surface area contributed by atoms with E-state index in [1.54, 1.807) is 13.0 Å². The molecule has 0 amide bonds. The van der Waals surface area contributed by atoms with Gasteiger partial charge in [-0.2, -0.15) is 4.98 Å². The van der Waals surface area contributed by atoms with E-state index in [1.807, 2.05) is 31.2 Å². The van der Waals surface area contributed by atoms with Gasteiger partial charge in [-0.25, -0.2) is 4.98 Å². The third-order valence-electron chi connectivity index (χ3n) is 2.40. The maximum atomic E-state index is 8.66. The molecule has 98 valence electrons. The lowest BCUT2D eigenvalue weighted by Crippen LogP contribution is -2.16. The second-order valence-electron chi connectivity index (χ2n) is 4.08. The predicted molar refractivity (Wildman–Crippen MR) is 70.5 cm³/mol. The molecule has 1 heterocycles. The van der Waals surface area contributed by atoms with Gasteiger partial charge in [0, 0.05) is 5.69 Å². The van der Waals surface area contributed by atoms with Gasteiger partial charge in [0.05, 0.1) is 0 Å². The molecule has 6 heteroatoms. The minimum atomic E-state index is -0.0837. The van der Waals surface area contributed by atoms with Gasteiger partial charge in [-0.05, 0) is 37.6 Å². The van der Waals surface area contributed by atoms with Crippen molar-refractivity contribution in [3.63, 3.8) is 0 Å². The first-order chi connectivity index (χ1) is 9.08. The highest BCUT2D eigenvalue weighted by Crippen LogP contribution is 2.19. The smallest absolute Gasteiger partial charge is 0.322 e. The molecule has 0 unspecified atom stereocenters. The minimum absolute atomic E-state index is 0.0837. The van der Waals surface area contributed by atoms with E-state index in [0.29, 0.717) is 17.1 Å². The van der Waals surface area contributed by atoms with E-state index in [0.717, 1.165) is 5.56 Å². The van der Waals surface area contributed by atoms with E-state index in [9.17, 15) is 0 Å². The number of nitrogens with two attached hydrogens (primary N) is 1. The lowest BCUT2D eigenvalue weighted by molar-refractivity contribution is 0.318. The summed E-state index contributed by atoms with van der Waals surface area (Å²) in [4.78, 5) is 8.23. The molecule has 19 heavy (non-hydrogen) atoms. The number of hydrogen-bond acceptors (Lipinski definition) is 5. The van der Waals surface area contributed by atoms with Gasteiger partial charge in [0.1, 0.15) is 11.4 Å². The number of oxime groups is 1. The fraction of sp³-hybridized carbons (Fsp3) is 0.154. The van der Waals surface area contributed by atoms with Crippen LogP contribution in [0.2, 0.25) is 0 Å². The van der Waals surface area contributed by atoms with Crippen molar-refractivity contribution in [3.05, 3.63) is 47.3 Å². The van der Waals surface area contributed by atoms with Crippen LogP contribution in [-0.2, 0) is 0 Å². The number of nitrogens with zero attached hydrogens (tertiary/aromatic N) is 3. The topological polar surface area (TPSA) is 93.6 Å². The number of aryl methyl sites for hydroxylation is 2. The number of aromatic nitrogens is 2. The van der Waals surface area contributed by atoms with Crippen LogP contribution in [-0.4, -0.2) is 21.0 Å². The summed E-state index contributed by atoms with van der Waals surface area (Å²) in [5.74, 6) is 0.552. The summed E-state index contributed by atoms with van der Waals surface area (Å²) in [5.41, 5.74) is 7.56. The molecule has 0 atom stereocenters. The average molecular weight is 258 g/mol. The maximum absolute atomic E-state index is 8.66. The summed E-state index contributed by atoms with van der Waals surface area (Å²) in [7, 11) is 0. The van der Waals surface area contributed by atoms with Gasteiger partial charge in [-0.1, -0.05) is 17.3 Å². The Labute approximate surface area is 110 Å². The molecule has 0 aliphatic rings. The molecular formula is C13H14N4O2. The van der Waals surface area contributed by atoms with Crippen LogP contribution < -0.4 is 10.5 Å². The molecule has 3 N–H and O–H groups in total. The first-order valence-electron chi connectivity index (χ1n) is 5.66. The summed E-state index contributed by atoms with van der Waals surface area (Å²) >= 11 is 0. The van der Waals surface area contributed by atoms with Gasteiger partial charge >= 0.3 is 6.01 Å². The maximum Gasteiger partial charge on any atom is 0.322 e. The van der Waals surface area contributed by atoms with Gasteiger partial charge in [0.2, 0.25) is 0 Å². The molecule has 6 nitrogen and oxygen atoms in total. The average Bonchev–Trinajstić information content (AvgIpc) is 2.37. The van der Waals surface area contributed by atoms with E-state index in [4.69, 9.17) is 15.7 Å². The molecule has 0 spiro atoms. The van der Waals surface area contributed by atoms with Crippen molar-refractivity contribution in [3.8, 4) is 11.8 Å². The molecule has 0 aliphatic heterocycles. The number of rotatable bonds is 3. The Kier molecular flexibility index (Phi) is 3.61. The lowest BCUT2D eigenvalue weighted by atomic mass is 10.2. The van der Waals surface area contributed by atoms with Crippen LogP contribution in [0.25, 0.3) is 0 Å². The summed E-state index contributed by atoms with van der Waals surface area (Å²) in [6.07, 6.45) is 0. The normalized spacial score (nSPS) is 11.4. The van der Waals surface area contributed by atoms with Crippen LogP contribution in [0, 0.1) is 13.8 Å². The second kappa shape index (κ2) is 5.34. The second-order valence-corrected chi connectivity index (χ2v) is 4.08. The number of benzene rings is 1. The van der Waals surface area contributed by atoms with Gasteiger partial charge in [-0.3, -0.25) is 0 Å². The van der Waals surface area contributed by atoms with Gasteiger partial charge in [0.25, 0.3) is 0 Å². The molecule has 2 aromatic rings. The van der Waals surface area contributed by atoms with Crippen molar-refractivity contribution in [1.29, 1.82) is 0 Å². The molecule has 0 saturated carbocycles. The van der Waals surface area contributed by atoms with Crippen LogP contribution >= 0.6 is 0 Å². The highest BCUT2D eigenvalue weighted by molar-refractivity contribution is 5.95. The summed E-state index contributed by atoms with van der Waals surface area (Å²) < 4.78 is 5.56. The quantitative estimate of drug-likeness (QED) is 0.380. The summed E-state index contributed by atoms with van der Waals surface area (Å²) in [6, 6.07) is 9.29. The van der Waals surface area contributed by atoms with E-state index in [-0.39, 0.29) is 11.8 Å². The SMILES string of the molecule is Cc1cccc(Oc2nc(C)cc(/C(N)=N/O)n2)c1. The zero-order chi connectivity index (χ0) is 13.8. The fourth-order valence-electron chi connectivity index (χ4n) is 1.55. The Hall–Kier alpha value is -2.63. The number of amidine groups is 1. The van der Waals surface area contributed by atoms with Gasteiger partial charge < -0.3 is 15.7 Å². The zero-order valence-corrected chi connectivity index (χ0v) is 10.7. The Morgan fingerprint density at radius 3 is 2.74 bits per heavy atom. The fourth-order valence-corrected chi connectivity index (χ4v) is 1.55. The summed E-state index contributed by atoms with van der Waals surface area (Å²) in [5, 5.41) is 11.6. The standard InChI is InChI=1S/C13H14N4O2/c1-8-4-3-5-10(6-8)19-13-15-9(2)7-11(16-13)12(14)17-18/h3-7,18H,1-2H3,(H2,14,17). The molecule has 2 rings (SSSR count). The van der Waals surface area contributed by atoms with Crippen LogP contribution in [0.1, 0.15) is 17.0 Å². The Morgan fingerprint density at radius 2 is 2.05 bits per heavy atom. The molecule has 0 radical (unpaired) electrons. The molecule has 1 aromatic carbocycles. The van der Waals surface area contributed by atoms with Crippen molar-refractivity contribution < 1.29 is 9.94 Å². The van der Waals surface area contributed by atoms with Crippen molar-refractivity contribution in [2.45, 2.75) is 13.8 Å². The van der Waals surface area contributed by atoms with Crippen molar-refractivity contribution in [2.75, 3.05) is 0 Å². The van der Waals surface area contributed by atoms with Crippen LogP contribution in [0.4, 0.5) is 0 Å². The van der Waals surface area contributed by atoms with E-state index in [2.05, 4.69) is 15.1 Å². The van der Waals surface area contributed by atoms with Crippen molar-refractivity contribution >= 4 is 5.84 Å². The Balaban J connectivity index is 2.33. The molecule has 1 aromatic heterocycles. The monoisotopic (exact) mass is 258 g/mol. The van der Waals surface area contributed by atoms with Crippen LogP contribution in [0.15, 0.2) is 35.5 Å². The molecule has 0 fully saturated rings. The zero-order valence-electron chi connectivity index (χ0n) is 10.7. The minimum Gasteiger partial charge on any atom is -0.424 e. The summed E-state index contributed by atoms with van der Waals surface area (Å²) in [6.45, 7) is 3.74. The molecular weight excluding hydrogens is 244 g/mol. The Morgan fingerprint density at radius 1 is 1.26 bits per heavy atom. The molecule has 0 aliphatic carbocycles. The van der Waals surface area contributed by atoms with Crippen LogP contribution in [0.3, 0.4) is 0 Å². The van der Waals surface area contributed by atoms with E-state index in [1.165, 1.54) is 0 Å². The van der Waals surface area contributed by atoms with Gasteiger partial charge in [-0.15, -0.1) is 0 Å². The van der Waals surface area contributed by atoms with Crippen molar-refractivity contribution in [1.82, 2.24) is 9.97 Å². The molecule has 0 bridgehead atoms. The number of hydrogen-bond donors (Lipinski definition) is 2. The third-order valence-corrected chi connectivity index (χ3v) is 2.40. The highest BCUT2D eigenvalue weighted by atomic mass is 16.5. The third kappa shape index (κ3) is 3.19. The number of ether oxygens (including phenoxy) is 1. The molecule has 0 saturated heterocycles. The first-order valence-corrected chi connectivity index (χ1v) is 5.66. The van der Waals surface area contributed by atoms with E-state index >= 15 is 0 Å². The largest absolute Gasteiger partial charge is 0.424 e. The van der Waals surface area contributed by atoms with E-state index < -0.39 is 0 Å². The lowest BCUT2D eigenvalue weighted by Gasteiger charge is -2.07. The first kappa shape index (κ1) is 12.8. The van der Waals surface area contributed by atoms with Crippen molar-refractivity contribution in [2.24, 2.45) is 10.9 Å². The van der Waals surface area contributed by atoms with Crippen LogP contribution in [0.5, 0.6) is 11.8 Å². The van der Waals surface area contributed by atoms with Gasteiger partial charge in [0.15, 0.2) is 5.84 Å².